The Labute approximate surface area is 151 Å². The topological polar surface area (TPSA) is 70.9 Å². The van der Waals surface area contributed by atoms with Crippen LogP contribution in [0.25, 0.3) is 0 Å². The summed E-state index contributed by atoms with van der Waals surface area (Å²) in [5, 5.41) is 13.2. The molecule has 0 aromatic heterocycles. The van der Waals surface area contributed by atoms with Gasteiger partial charge < -0.3 is 9.84 Å². The molecule has 3 aromatic rings. The van der Waals surface area contributed by atoms with Gasteiger partial charge in [0.1, 0.15) is 12.4 Å². The molecule has 0 atom stereocenters. The number of aromatic carboxylic acids is 1. The normalized spacial score (nSPS) is 10.6. The Kier molecular flexibility index (Phi) is 5.62. The van der Waals surface area contributed by atoms with Crippen LogP contribution in [0.4, 0.5) is 5.69 Å². The molecule has 3 rings (SSSR count). The van der Waals surface area contributed by atoms with Gasteiger partial charge in [0.2, 0.25) is 0 Å². The highest BCUT2D eigenvalue weighted by atomic mass is 16.5. The Morgan fingerprint density at radius 2 is 1.65 bits per heavy atom. The number of carboxylic acids is 1. The van der Waals surface area contributed by atoms with Crippen LogP contribution in [0.15, 0.2) is 84.0 Å². The van der Waals surface area contributed by atoms with Crippen molar-refractivity contribution in [1.82, 2.24) is 0 Å². The number of rotatable bonds is 7. The molecule has 5 nitrogen and oxygen atoms in total. The third-order valence-electron chi connectivity index (χ3n) is 3.69. The minimum Gasteiger partial charge on any atom is -0.488 e. The van der Waals surface area contributed by atoms with Crippen molar-refractivity contribution in [2.75, 3.05) is 5.43 Å². The van der Waals surface area contributed by atoms with Gasteiger partial charge in [0.25, 0.3) is 0 Å². The highest BCUT2D eigenvalue weighted by molar-refractivity contribution is 5.87. The molecule has 130 valence electrons. The fourth-order valence-corrected chi connectivity index (χ4v) is 2.31. The summed E-state index contributed by atoms with van der Waals surface area (Å²) in [6.45, 7) is 0.344. The summed E-state index contributed by atoms with van der Waals surface area (Å²) in [4.78, 5) is 10.9. The average molecular weight is 346 g/mol. The molecule has 0 heterocycles. The van der Waals surface area contributed by atoms with E-state index in [4.69, 9.17) is 9.84 Å². The van der Waals surface area contributed by atoms with Gasteiger partial charge in [-0.25, -0.2) is 4.79 Å². The van der Waals surface area contributed by atoms with Gasteiger partial charge in [-0.05, 0) is 42.0 Å². The highest BCUT2D eigenvalue weighted by Gasteiger charge is 2.04. The second kappa shape index (κ2) is 8.48. The molecule has 0 spiro atoms. The summed E-state index contributed by atoms with van der Waals surface area (Å²) in [6.07, 6.45) is 1.70. The summed E-state index contributed by atoms with van der Waals surface area (Å²) in [7, 11) is 0. The molecule has 26 heavy (non-hydrogen) atoms. The first kappa shape index (κ1) is 17.2. The van der Waals surface area contributed by atoms with E-state index < -0.39 is 5.97 Å². The number of ether oxygens (including phenoxy) is 1. The summed E-state index contributed by atoms with van der Waals surface area (Å²) in [5.74, 6) is -0.238. The van der Waals surface area contributed by atoms with E-state index in [1.165, 1.54) is 0 Å². The summed E-state index contributed by atoms with van der Waals surface area (Å²) < 4.78 is 5.86. The summed E-state index contributed by atoms with van der Waals surface area (Å²) >= 11 is 0. The first-order valence-electron chi connectivity index (χ1n) is 8.10. The Balaban J connectivity index is 1.64. The van der Waals surface area contributed by atoms with Gasteiger partial charge in [-0.3, -0.25) is 5.43 Å². The number of carboxylic acid groups (broad SMARTS) is 1. The van der Waals surface area contributed by atoms with Gasteiger partial charge >= 0.3 is 5.97 Å². The largest absolute Gasteiger partial charge is 0.488 e. The third kappa shape index (κ3) is 4.70. The zero-order valence-electron chi connectivity index (χ0n) is 14.0. The van der Waals surface area contributed by atoms with E-state index in [1.54, 1.807) is 30.5 Å². The van der Waals surface area contributed by atoms with Crippen LogP contribution in [0, 0.1) is 0 Å². The lowest BCUT2D eigenvalue weighted by atomic mass is 10.1. The zero-order valence-corrected chi connectivity index (χ0v) is 14.0. The van der Waals surface area contributed by atoms with Crippen LogP contribution < -0.4 is 10.2 Å². The summed E-state index contributed by atoms with van der Waals surface area (Å²) in [5.41, 5.74) is 5.87. The number of nitrogens with zero attached hydrogens (tertiary/aromatic N) is 1. The predicted octanol–water partition coefficient (Wildman–Crippen LogP) is 4.41. The maximum Gasteiger partial charge on any atom is 0.335 e. The number of hydrazone groups is 1. The number of benzene rings is 3. The standard InChI is InChI=1S/C21H18N2O3/c24-21(25)17-12-10-16(11-13-17)15-26-20-9-5-4-6-18(20)14-22-23-19-7-2-1-3-8-19/h1-14,23H,15H2,(H,24,25). The van der Waals surface area contributed by atoms with E-state index >= 15 is 0 Å². The number of nitrogens with one attached hydrogen (secondary N) is 1. The van der Waals surface area contributed by atoms with Gasteiger partial charge in [-0.1, -0.05) is 42.5 Å². The molecule has 0 bridgehead atoms. The van der Waals surface area contributed by atoms with E-state index in [-0.39, 0.29) is 5.56 Å². The van der Waals surface area contributed by atoms with Gasteiger partial charge in [0, 0.05) is 5.56 Å². The highest BCUT2D eigenvalue weighted by Crippen LogP contribution is 2.18. The minimum atomic E-state index is -0.940. The number of hydrogen-bond acceptors (Lipinski definition) is 4. The van der Waals surface area contributed by atoms with Crippen molar-refractivity contribution in [1.29, 1.82) is 0 Å². The first-order chi connectivity index (χ1) is 12.7. The van der Waals surface area contributed by atoms with Crippen molar-refractivity contribution >= 4 is 17.9 Å². The molecule has 0 unspecified atom stereocenters. The van der Waals surface area contributed by atoms with Gasteiger partial charge in [-0.2, -0.15) is 5.10 Å². The molecule has 0 aliphatic heterocycles. The maximum absolute atomic E-state index is 10.9. The second-order valence-corrected chi connectivity index (χ2v) is 5.56. The van der Waals surface area contributed by atoms with Crippen molar-refractivity contribution in [2.24, 2.45) is 5.10 Å². The fourth-order valence-electron chi connectivity index (χ4n) is 2.31. The SMILES string of the molecule is O=C(O)c1ccc(COc2ccccc2C=NNc2ccccc2)cc1. The minimum absolute atomic E-state index is 0.258. The number of para-hydroxylation sites is 2. The van der Waals surface area contributed by atoms with Gasteiger partial charge in [0.15, 0.2) is 0 Å². The molecule has 0 radical (unpaired) electrons. The van der Waals surface area contributed by atoms with Crippen molar-refractivity contribution in [3.05, 3.63) is 95.6 Å². The van der Waals surface area contributed by atoms with Crippen molar-refractivity contribution < 1.29 is 14.6 Å². The molecule has 2 N–H and O–H groups in total. The van der Waals surface area contributed by atoms with Crippen LogP contribution in [0.2, 0.25) is 0 Å². The van der Waals surface area contributed by atoms with E-state index in [1.807, 2.05) is 54.6 Å². The monoisotopic (exact) mass is 346 g/mol. The van der Waals surface area contributed by atoms with Gasteiger partial charge in [-0.15, -0.1) is 0 Å². The molecular formula is C21H18N2O3. The van der Waals surface area contributed by atoms with E-state index in [0.29, 0.717) is 12.4 Å². The van der Waals surface area contributed by atoms with Crippen LogP contribution in [0.1, 0.15) is 21.5 Å². The predicted molar refractivity (Wildman–Crippen MR) is 102 cm³/mol. The van der Waals surface area contributed by atoms with Crippen molar-refractivity contribution in [3.8, 4) is 5.75 Å². The Morgan fingerprint density at radius 1 is 0.962 bits per heavy atom. The molecule has 3 aromatic carbocycles. The quantitative estimate of drug-likeness (QED) is 0.491. The lowest BCUT2D eigenvalue weighted by Gasteiger charge is -2.09. The van der Waals surface area contributed by atoms with Crippen LogP contribution >= 0.6 is 0 Å². The fraction of sp³-hybridized carbons (Fsp3) is 0.0476. The molecule has 0 fully saturated rings. The molecule has 0 aliphatic carbocycles. The van der Waals surface area contributed by atoms with Crippen molar-refractivity contribution in [2.45, 2.75) is 6.61 Å². The van der Waals surface area contributed by atoms with E-state index in [0.717, 1.165) is 16.8 Å². The Hall–Kier alpha value is -3.60. The van der Waals surface area contributed by atoms with Crippen LogP contribution in [-0.2, 0) is 6.61 Å². The summed E-state index contributed by atoms with van der Waals surface area (Å²) in [6, 6.07) is 23.9. The lowest BCUT2D eigenvalue weighted by molar-refractivity contribution is 0.0697. The van der Waals surface area contributed by atoms with E-state index in [2.05, 4.69) is 10.5 Å². The molecular weight excluding hydrogens is 328 g/mol. The van der Waals surface area contributed by atoms with Gasteiger partial charge in [0.05, 0.1) is 17.5 Å². The Morgan fingerprint density at radius 3 is 2.38 bits per heavy atom. The average Bonchev–Trinajstić information content (AvgIpc) is 2.68. The van der Waals surface area contributed by atoms with Crippen molar-refractivity contribution in [3.63, 3.8) is 0 Å². The van der Waals surface area contributed by atoms with Crippen LogP contribution in [0.3, 0.4) is 0 Å². The first-order valence-corrected chi connectivity index (χ1v) is 8.10. The Bertz CT molecular complexity index is 891. The molecule has 0 saturated heterocycles. The van der Waals surface area contributed by atoms with Crippen LogP contribution in [-0.4, -0.2) is 17.3 Å². The molecule has 5 heteroatoms. The number of anilines is 1. The maximum atomic E-state index is 10.9. The number of carbonyl (C=O) groups is 1. The molecule has 0 saturated carbocycles. The third-order valence-corrected chi connectivity index (χ3v) is 3.69. The number of hydrogen-bond donors (Lipinski definition) is 2. The molecule has 0 aliphatic rings. The smallest absolute Gasteiger partial charge is 0.335 e. The second-order valence-electron chi connectivity index (χ2n) is 5.56. The lowest BCUT2D eigenvalue weighted by Crippen LogP contribution is -2.00. The molecule has 0 amide bonds. The van der Waals surface area contributed by atoms with E-state index in [9.17, 15) is 4.79 Å². The van der Waals surface area contributed by atoms with Crippen LogP contribution in [0.5, 0.6) is 5.75 Å². The zero-order chi connectivity index (χ0) is 18.2.